The van der Waals surface area contributed by atoms with Crippen molar-refractivity contribution in [3.05, 3.63) is 23.2 Å². The first-order valence-corrected chi connectivity index (χ1v) is 11.8. The van der Waals surface area contributed by atoms with Crippen molar-refractivity contribution < 1.29 is 29.3 Å². The Kier molecular flexibility index (Phi) is 4.73. The summed E-state index contributed by atoms with van der Waals surface area (Å²) in [6.07, 6.45) is 6.66. The summed E-state index contributed by atoms with van der Waals surface area (Å²) in [6, 6.07) is 0. The van der Waals surface area contributed by atoms with E-state index in [2.05, 4.69) is 20.8 Å². The summed E-state index contributed by atoms with van der Waals surface area (Å²) in [5.74, 6) is 1.15. The minimum atomic E-state index is -0.619. The molecule has 7 atom stereocenters. The third kappa shape index (κ3) is 2.46. The Balaban J connectivity index is 1.59. The first-order valence-electron chi connectivity index (χ1n) is 11.8. The van der Waals surface area contributed by atoms with Crippen LogP contribution in [-0.2, 0) is 19.1 Å². The molecule has 0 aromatic carbocycles. The van der Waals surface area contributed by atoms with Gasteiger partial charge in [-0.3, -0.25) is 9.59 Å². The van der Waals surface area contributed by atoms with Crippen LogP contribution in [0.5, 0.6) is 0 Å². The molecule has 6 heteroatoms. The number of Topliss-reactive ketones (excluding diaryl/α,β-unsaturated/α-hetero) is 1. The van der Waals surface area contributed by atoms with Crippen LogP contribution in [0.25, 0.3) is 0 Å². The largest absolute Gasteiger partial charge is 0.457 e. The van der Waals surface area contributed by atoms with Gasteiger partial charge in [0.25, 0.3) is 0 Å². The fourth-order valence-electron chi connectivity index (χ4n) is 8.66. The number of hydrogen-bond acceptors (Lipinski definition) is 6. The van der Waals surface area contributed by atoms with Gasteiger partial charge in [-0.15, -0.1) is 0 Å². The molecule has 5 rings (SSSR count). The van der Waals surface area contributed by atoms with Crippen molar-refractivity contribution in [1.82, 2.24) is 0 Å². The maximum atomic E-state index is 13.1. The number of hydrogen-bond donors (Lipinski definition) is 2. The fraction of sp³-hybridized carbons (Fsp3) is 0.760. The van der Waals surface area contributed by atoms with Crippen LogP contribution in [-0.4, -0.2) is 41.3 Å². The molecule has 3 saturated carbocycles. The van der Waals surface area contributed by atoms with Gasteiger partial charge in [-0.2, -0.15) is 0 Å². The highest BCUT2D eigenvalue weighted by atomic mass is 16.7. The summed E-state index contributed by atoms with van der Waals surface area (Å²) >= 11 is 0. The molecule has 0 bridgehead atoms. The van der Waals surface area contributed by atoms with Crippen LogP contribution in [0.1, 0.15) is 65.7 Å². The molecule has 0 saturated heterocycles. The van der Waals surface area contributed by atoms with E-state index in [9.17, 15) is 19.8 Å². The van der Waals surface area contributed by atoms with Gasteiger partial charge in [0.05, 0.1) is 11.5 Å². The van der Waals surface area contributed by atoms with Gasteiger partial charge in [0.15, 0.2) is 11.5 Å². The van der Waals surface area contributed by atoms with Crippen molar-refractivity contribution >= 4 is 11.6 Å². The molecule has 0 amide bonds. The Morgan fingerprint density at radius 1 is 1.26 bits per heavy atom. The van der Waals surface area contributed by atoms with Crippen molar-refractivity contribution in [2.45, 2.75) is 71.8 Å². The minimum absolute atomic E-state index is 0.0480. The Labute approximate surface area is 183 Å². The molecular formula is C25H34O6. The van der Waals surface area contributed by atoms with E-state index in [-0.39, 0.29) is 35.6 Å². The van der Waals surface area contributed by atoms with E-state index in [0.29, 0.717) is 23.9 Å². The number of fused-ring (bicyclic) bond motifs is 6. The van der Waals surface area contributed by atoms with Crippen LogP contribution in [0, 0.1) is 34.0 Å². The molecule has 170 valence electrons. The van der Waals surface area contributed by atoms with Crippen LogP contribution in [0.3, 0.4) is 0 Å². The lowest BCUT2D eigenvalue weighted by Gasteiger charge is -2.60. The fourth-order valence-corrected chi connectivity index (χ4v) is 8.66. The number of rotatable bonds is 4. The van der Waals surface area contributed by atoms with Gasteiger partial charge in [0.1, 0.15) is 6.61 Å². The van der Waals surface area contributed by atoms with Gasteiger partial charge in [-0.05, 0) is 68.8 Å². The van der Waals surface area contributed by atoms with Crippen molar-refractivity contribution in [1.29, 1.82) is 0 Å². The van der Waals surface area contributed by atoms with E-state index >= 15 is 0 Å². The van der Waals surface area contributed by atoms with Crippen molar-refractivity contribution in [3.8, 4) is 0 Å². The minimum Gasteiger partial charge on any atom is -0.457 e. The highest BCUT2D eigenvalue weighted by Crippen LogP contribution is 2.71. The summed E-state index contributed by atoms with van der Waals surface area (Å²) in [5.41, 5.74) is -0.421. The zero-order valence-electron chi connectivity index (χ0n) is 18.8. The van der Waals surface area contributed by atoms with Crippen molar-refractivity contribution in [3.63, 3.8) is 0 Å². The normalized spacial score (nSPS) is 45.7. The first kappa shape index (κ1) is 21.2. The number of ether oxygens (including phenoxy) is 2. The first-order chi connectivity index (χ1) is 14.7. The molecule has 1 heterocycles. The van der Waals surface area contributed by atoms with Crippen LogP contribution < -0.4 is 0 Å². The van der Waals surface area contributed by atoms with E-state index < -0.39 is 23.5 Å². The van der Waals surface area contributed by atoms with Crippen LogP contribution in [0.2, 0.25) is 0 Å². The van der Waals surface area contributed by atoms with Crippen molar-refractivity contribution in [2.24, 2.45) is 34.0 Å². The molecule has 0 radical (unpaired) electrons. The maximum absolute atomic E-state index is 13.1. The van der Waals surface area contributed by atoms with Gasteiger partial charge in [0.2, 0.25) is 18.3 Å². The van der Waals surface area contributed by atoms with E-state index in [1.807, 2.05) is 0 Å². The van der Waals surface area contributed by atoms with E-state index in [1.54, 1.807) is 6.08 Å². The summed E-state index contributed by atoms with van der Waals surface area (Å²) in [4.78, 5) is 25.7. The van der Waals surface area contributed by atoms with Gasteiger partial charge in [-0.1, -0.05) is 25.8 Å². The maximum Gasteiger partial charge on any atom is 0.231 e. The molecule has 0 unspecified atom stereocenters. The third-order valence-corrected chi connectivity index (χ3v) is 9.87. The lowest BCUT2D eigenvalue weighted by Crippen LogP contribution is -2.60. The molecule has 31 heavy (non-hydrogen) atoms. The zero-order valence-corrected chi connectivity index (χ0v) is 18.8. The average Bonchev–Trinajstić information content (AvgIpc) is 3.34. The number of ketones is 2. The molecule has 3 fully saturated rings. The quantitative estimate of drug-likeness (QED) is 0.711. The number of allylic oxidation sites excluding steroid dienone is 2. The molecule has 2 N–H and O–H groups in total. The second kappa shape index (κ2) is 6.92. The predicted molar refractivity (Wildman–Crippen MR) is 112 cm³/mol. The summed E-state index contributed by atoms with van der Waals surface area (Å²) in [5, 5.41) is 21.5. The predicted octanol–water partition coefficient (Wildman–Crippen LogP) is 3.27. The van der Waals surface area contributed by atoms with E-state index in [0.717, 1.165) is 44.1 Å². The van der Waals surface area contributed by atoms with Crippen LogP contribution >= 0.6 is 0 Å². The second-order valence-electron chi connectivity index (χ2n) is 10.8. The SMILES string of the molecule is CCC[C@]1(C(=O)CO)CC[C@H]2[C@@H]3CCC4=CC(=O)C5=C(OCO5)[C@]4(C)[C@H]3[C@@H](O)C[C@@]21C. The van der Waals surface area contributed by atoms with Crippen molar-refractivity contribution in [2.75, 3.05) is 13.4 Å². The number of aliphatic hydroxyl groups is 2. The van der Waals surface area contributed by atoms with Gasteiger partial charge in [-0.25, -0.2) is 0 Å². The van der Waals surface area contributed by atoms with Gasteiger partial charge >= 0.3 is 0 Å². The summed E-state index contributed by atoms with van der Waals surface area (Å²) < 4.78 is 11.4. The third-order valence-electron chi connectivity index (χ3n) is 9.87. The Morgan fingerprint density at radius 2 is 2.03 bits per heavy atom. The lowest BCUT2D eigenvalue weighted by atomic mass is 9.44. The highest BCUT2D eigenvalue weighted by molar-refractivity contribution is 6.05. The second-order valence-corrected chi connectivity index (χ2v) is 10.8. The summed E-state index contributed by atoms with van der Waals surface area (Å²) in [7, 11) is 0. The highest BCUT2D eigenvalue weighted by Gasteiger charge is 2.69. The Bertz CT molecular complexity index is 888. The molecule has 5 aliphatic rings. The topological polar surface area (TPSA) is 93.1 Å². The molecule has 0 aromatic rings. The number of carbonyl (C=O) groups is 2. The molecule has 6 nitrogen and oxygen atoms in total. The van der Waals surface area contributed by atoms with E-state index in [4.69, 9.17) is 9.47 Å². The molecule has 0 aromatic heterocycles. The van der Waals surface area contributed by atoms with Crippen LogP contribution in [0.15, 0.2) is 23.2 Å². The van der Waals surface area contributed by atoms with E-state index in [1.165, 1.54) is 0 Å². The van der Waals surface area contributed by atoms with Gasteiger partial charge in [0, 0.05) is 11.3 Å². The summed E-state index contributed by atoms with van der Waals surface area (Å²) in [6.45, 7) is 6.00. The Hall–Kier alpha value is -1.66. The zero-order chi connectivity index (χ0) is 22.2. The number of aliphatic hydroxyl groups excluding tert-OH is 2. The molecule has 0 spiro atoms. The standard InChI is InChI=1S/C25H34O6/c1-4-8-25(19(29)12-26)9-7-16-15-6-5-14-10-17(27)21-22(31-13-30-21)24(14,3)20(15)18(28)11-23(16,25)2/h10,15-16,18,20,26,28H,4-9,11-13H2,1-3H3/t15-,16-,18-,20+,23-,24-,25+/m0/s1. The van der Waals surface area contributed by atoms with Gasteiger partial charge < -0.3 is 19.7 Å². The molecular weight excluding hydrogens is 396 g/mol. The Morgan fingerprint density at radius 3 is 2.74 bits per heavy atom. The molecule has 1 aliphatic heterocycles. The average molecular weight is 431 g/mol. The number of carbonyl (C=O) groups excluding carboxylic acids is 2. The smallest absolute Gasteiger partial charge is 0.231 e. The molecule has 4 aliphatic carbocycles. The lowest BCUT2D eigenvalue weighted by molar-refractivity contribution is -0.162. The van der Waals surface area contributed by atoms with Crippen LogP contribution in [0.4, 0.5) is 0 Å². The monoisotopic (exact) mass is 430 g/mol.